The highest BCUT2D eigenvalue weighted by Crippen LogP contribution is 2.10. The molecule has 0 spiro atoms. The molecular weight excluding hydrogens is 224 g/mol. The van der Waals surface area contributed by atoms with E-state index < -0.39 is 0 Å². The average Bonchev–Trinajstić information content (AvgIpc) is 2.32. The third kappa shape index (κ3) is 10.5. The molecule has 0 aromatic rings. The van der Waals surface area contributed by atoms with Gasteiger partial charge in [0.1, 0.15) is 0 Å². The smallest absolute Gasteiger partial charge is 0.177 e. The maximum atomic E-state index is 5.68. The Morgan fingerprint density at radius 3 is 2.00 bits per heavy atom. The summed E-state index contributed by atoms with van der Waals surface area (Å²) in [6, 6.07) is 0. The van der Waals surface area contributed by atoms with Crippen molar-refractivity contribution in [2.75, 3.05) is 13.2 Å². The molecule has 0 saturated carbocycles. The minimum absolute atomic E-state index is 0.170. The van der Waals surface area contributed by atoms with Crippen molar-refractivity contribution in [3.8, 4) is 0 Å². The van der Waals surface area contributed by atoms with Gasteiger partial charge in [-0.25, -0.2) is 0 Å². The van der Waals surface area contributed by atoms with E-state index in [-0.39, 0.29) is 6.29 Å². The summed E-state index contributed by atoms with van der Waals surface area (Å²) in [7, 11) is 0. The van der Waals surface area contributed by atoms with Crippen molar-refractivity contribution in [1.29, 1.82) is 0 Å². The van der Waals surface area contributed by atoms with Gasteiger partial charge in [-0.15, -0.1) is 0 Å². The number of hydrogen-bond donors (Lipinski definition) is 0. The maximum absolute atomic E-state index is 5.68. The van der Waals surface area contributed by atoms with Gasteiger partial charge in [0.05, 0.1) is 0 Å². The van der Waals surface area contributed by atoms with Crippen molar-refractivity contribution >= 4 is 0 Å². The fraction of sp³-hybridized carbons (Fsp3) is 0.750. The van der Waals surface area contributed by atoms with E-state index in [9.17, 15) is 0 Å². The van der Waals surface area contributed by atoms with Crippen LogP contribution in [0.1, 0.15) is 60.3 Å². The zero-order chi connectivity index (χ0) is 13.8. The Morgan fingerprint density at radius 2 is 1.56 bits per heavy atom. The molecule has 0 radical (unpaired) electrons. The summed E-state index contributed by atoms with van der Waals surface area (Å²) in [5, 5.41) is 0. The van der Waals surface area contributed by atoms with Gasteiger partial charge in [-0.2, -0.15) is 0 Å². The molecule has 0 aromatic heterocycles. The van der Waals surface area contributed by atoms with E-state index in [1.54, 1.807) is 0 Å². The molecule has 0 aliphatic carbocycles. The highest BCUT2D eigenvalue weighted by molar-refractivity contribution is 5.03. The lowest BCUT2D eigenvalue weighted by atomic mass is 10.1. The van der Waals surface area contributed by atoms with E-state index >= 15 is 0 Å². The fourth-order valence-corrected chi connectivity index (χ4v) is 1.52. The summed E-state index contributed by atoms with van der Waals surface area (Å²) >= 11 is 0. The molecule has 0 N–H and O–H groups in total. The Kier molecular flexibility index (Phi) is 11.1. The van der Waals surface area contributed by atoms with Crippen LogP contribution in [-0.4, -0.2) is 19.5 Å². The number of rotatable bonds is 10. The molecule has 0 amide bonds. The third-order valence-corrected chi connectivity index (χ3v) is 2.48. The predicted octanol–water partition coefficient (Wildman–Crippen LogP) is 4.86. The molecule has 106 valence electrons. The molecule has 0 saturated heterocycles. The molecule has 0 rings (SSSR count). The lowest BCUT2D eigenvalue weighted by molar-refractivity contribution is -0.111. The first kappa shape index (κ1) is 17.4. The summed E-state index contributed by atoms with van der Waals surface area (Å²) < 4.78 is 11.4. The molecule has 2 heteroatoms. The minimum atomic E-state index is -0.170. The van der Waals surface area contributed by atoms with Crippen LogP contribution < -0.4 is 0 Å². The van der Waals surface area contributed by atoms with Crippen molar-refractivity contribution in [2.45, 2.75) is 66.6 Å². The summed E-state index contributed by atoms with van der Waals surface area (Å²) in [4.78, 5) is 0. The van der Waals surface area contributed by atoms with Gasteiger partial charge in [0, 0.05) is 13.2 Å². The van der Waals surface area contributed by atoms with Crippen LogP contribution in [0.4, 0.5) is 0 Å². The van der Waals surface area contributed by atoms with Crippen LogP contribution in [0.2, 0.25) is 0 Å². The third-order valence-electron chi connectivity index (χ3n) is 2.48. The standard InChI is InChI=1S/C16H30O2/c1-6-11-17-16(18-12-7-2)13-15(5)10-8-9-14(3)4/h9,13,16H,6-8,10-12H2,1-5H3. The van der Waals surface area contributed by atoms with Crippen LogP contribution in [-0.2, 0) is 9.47 Å². The second kappa shape index (κ2) is 11.5. The molecule has 0 aliphatic heterocycles. The van der Waals surface area contributed by atoms with Crippen LogP contribution in [0.15, 0.2) is 23.3 Å². The van der Waals surface area contributed by atoms with Gasteiger partial charge in [-0.05, 0) is 52.5 Å². The van der Waals surface area contributed by atoms with Gasteiger partial charge in [0.15, 0.2) is 6.29 Å². The first-order valence-electron chi connectivity index (χ1n) is 7.14. The SMILES string of the molecule is CCCOC(C=C(C)CCC=C(C)C)OCCC. The van der Waals surface area contributed by atoms with E-state index in [2.05, 4.69) is 46.8 Å². The van der Waals surface area contributed by atoms with Crippen molar-refractivity contribution in [1.82, 2.24) is 0 Å². The topological polar surface area (TPSA) is 18.5 Å². The second-order valence-electron chi connectivity index (χ2n) is 4.94. The molecule has 18 heavy (non-hydrogen) atoms. The second-order valence-corrected chi connectivity index (χ2v) is 4.94. The van der Waals surface area contributed by atoms with Gasteiger partial charge in [-0.3, -0.25) is 0 Å². The molecule has 0 bridgehead atoms. The lowest BCUT2D eigenvalue weighted by Crippen LogP contribution is -2.16. The molecule has 0 aliphatic rings. The Morgan fingerprint density at radius 1 is 1.00 bits per heavy atom. The minimum Gasteiger partial charge on any atom is -0.349 e. The van der Waals surface area contributed by atoms with Crippen molar-refractivity contribution in [3.05, 3.63) is 23.3 Å². The number of ether oxygens (including phenoxy) is 2. The summed E-state index contributed by atoms with van der Waals surface area (Å²) in [5.41, 5.74) is 2.72. The van der Waals surface area contributed by atoms with Crippen LogP contribution in [0.3, 0.4) is 0 Å². The normalized spacial score (nSPS) is 12.0. The molecule has 0 atom stereocenters. The Bertz CT molecular complexity index is 242. The Labute approximate surface area is 113 Å². The highest BCUT2D eigenvalue weighted by atomic mass is 16.7. The van der Waals surface area contributed by atoms with Gasteiger partial charge in [-0.1, -0.05) is 31.1 Å². The van der Waals surface area contributed by atoms with Crippen molar-refractivity contribution in [3.63, 3.8) is 0 Å². The monoisotopic (exact) mass is 254 g/mol. The lowest BCUT2D eigenvalue weighted by Gasteiger charge is -2.15. The maximum Gasteiger partial charge on any atom is 0.177 e. The van der Waals surface area contributed by atoms with Crippen LogP contribution in [0.25, 0.3) is 0 Å². The molecular formula is C16H30O2. The molecule has 2 nitrogen and oxygen atoms in total. The van der Waals surface area contributed by atoms with Crippen molar-refractivity contribution < 1.29 is 9.47 Å². The zero-order valence-corrected chi connectivity index (χ0v) is 12.8. The largest absolute Gasteiger partial charge is 0.349 e. The van der Waals surface area contributed by atoms with E-state index in [1.807, 2.05) is 0 Å². The summed E-state index contributed by atoms with van der Waals surface area (Å²) in [5.74, 6) is 0. The van der Waals surface area contributed by atoms with Crippen LogP contribution >= 0.6 is 0 Å². The Balaban J connectivity index is 4.18. The van der Waals surface area contributed by atoms with Crippen LogP contribution in [0.5, 0.6) is 0 Å². The number of hydrogen-bond acceptors (Lipinski definition) is 2. The highest BCUT2D eigenvalue weighted by Gasteiger charge is 2.05. The first-order chi connectivity index (χ1) is 8.60. The Hall–Kier alpha value is -0.600. The van der Waals surface area contributed by atoms with E-state index in [0.29, 0.717) is 0 Å². The quantitative estimate of drug-likeness (QED) is 0.409. The fourth-order valence-electron chi connectivity index (χ4n) is 1.52. The predicted molar refractivity (Wildman–Crippen MR) is 78.7 cm³/mol. The summed E-state index contributed by atoms with van der Waals surface area (Å²) in [6.07, 6.45) is 8.44. The van der Waals surface area contributed by atoms with Gasteiger partial charge in [0.2, 0.25) is 0 Å². The van der Waals surface area contributed by atoms with Crippen LogP contribution in [0, 0.1) is 0 Å². The molecule has 0 fully saturated rings. The van der Waals surface area contributed by atoms with Gasteiger partial charge >= 0.3 is 0 Å². The molecule has 0 aromatic carbocycles. The molecule has 0 heterocycles. The van der Waals surface area contributed by atoms with Gasteiger partial charge in [0.25, 0.3) is 0 Å². The van der Waals surface area contributed by atoms with Crippen molar-refractivity contribution in [2.24, 2.45) is 0 Å². The number of allylic oxidation sites excluding steroid dienone is 3. The summed E-state index contributed by atoms with van der Waals surface area (Å²) in [6.45, 7) is 12.2. The zero-order valence-electron chi connectivity index (χ0n) is 12.8. The van der Waals surface area contributed by atoms with E-state index in [4.69, 9.17) is 9.47 Å². The first-order valence-corrected chi connectivity index (χ1v) is 7.14. The van der Waals surface area contributed by atoms with E-state index in [0.717, 1.165) is 38.9 Å². The average molecular weight is 254 g/mol. The van der Waals surface area contributed by atoms with Gasteiger partial charge < -0.3 is 9.47 Å². The van der Waals surface area contributed by atoms with E-state index in [1.165, 1.54) is 11.1 Å². The molecule has 0 unspecified atom stereocenters.